The maximum atomic E-state index is 13.9. The van der Waals surface area contributed by atoms with Crippen molar-refractivity contribution in [3.63, 3.8) is 0 Å². The number of hydrogen-bond acceptors (Lipinski definition) is 10. The monoisotopic (exact) mass is 480 g/mol. The zero-order valence-corrected chi connectivity index (χ0v) is 19.6. The summed E-state index contributed by atoms with van der Waals surface area (Å²) in [5.74, 6) is -1.01. The second-order valence-electron chi connectivity index (χ2n) is 8.53. The predicted molar refractivity (Wildman–Crippen MR) is 125 cm³/mol. The van der Waals surface area contributed by atoms with Crippen molar-refractivity contribution in [3.8, 4) is 23.0 Å². The van der Waals surface area contributed by atoms with Crippen LogP contribution in [-0.2, 0) is 4.74 Å². The van der Waals surface area contributed by atoms with Gasteiger partial charge in [0.1, 0.15) is 11.7 Å². The minimum atomic E-state index is -0.716. The van der Waals surface area contributed by atoms with Crippen LogP contribution in [0.15, 0.2) is 24.3 Å². The number of rotatable bonds is 5. The smallest absolute Gasteiger partial charge is 0.341 e. The highest BCUT2D eigenvalue weighted by atomic mass is 19.1. The lowest BCUT2D eigenvalue weighted by molar-refractivity contribution is 0.0523. The molecule has 11 heteroatoms. The first-order valence-electron chi connectivity index (χ1n) is 11.4. The number of benzene rings is 1. The molecular formula is C24H25FN6O4. The number of para-hydroxylation sites is 1. The quantitative estimate of drug-likeness (QED) is 0.527. The van der Waals surface area contributed by atoms with Gasteiger partial charge in [-0.3, -0.25) is 0 Å². The van der Waals surface area contributed by atoms with Gasteiger partial charge in [-0.15, -0.1) is 10.2 Å². The lowest BCUT2D eigenvalue weighted by atomic mass is 10.1. The Kier molecular flexibility index (Phi) is 5.83. The third-order valence-corrected chi connectivity index (χ3v) is 6.23. The topological polar surface area (TPSA) is 123 Å². The number of aromatic nitrogens is 4. The molecule has 0 saturated carbocycles. The Hall–Kier alpha value is -4.02. The zero-order chi connectivity index (χ0) is 24.7. The first-order valence-corrected chi connectivity index (χ1v) is 11.4. The summed E-state index contributed by atoms with van der Waals surface area (Å²) in [6.45, 7) is 6.70. The molecule has 10 nitrogen and oxygen atoms in total. The molecule has 35 heavy (non-hydrogen) atoms. The number of aryl methyl sites for hydroxylation is 2. The van der Waals surface area contributed by atoms with Gasteiger partial charge in [0.15, 0.2) is 17.4 Å². The summed E-state index contributed by atoms with van der Waals surface area (Å²) in [5.41, 5.74) is 2.80. The first kappa shape index (κ1) is 22.8. The van der Waals surface area contributed by atoms with Crippen LogP contribution >= 0.6 is 0 Å². The van der Waals surface area contributed by atoms with E-state index in [0.717, 1.165) is 12.1 Å². The summed E-state index contributed by atoms with van der Waals surface area (Å²) in [6.07, 6.45) is 0.523. The average Bonchev–Trinajstić information content (AvgIpc) is 3.23. The van der Waals surface area contributed by atoms with Gasteiger partial charge in [-0.05, 0) is 39.0 Å². The van der Waals surface area contributed by atoms with E-state index in [-0.39, 0.29) is 30.3 Å². The lowest BCUT2D eigenvalue weighted by Gasteiger charge is -2.33. The molecule has 0 bridgehead atoms. The van der Waals surface area contributed by atoms with Crippen molar-refractivity contribution in [1.82, 2.24) is 20.2 Å². The molecule has 5 rings (SSSR count). The maximum absolute atomic E-state index is 13.9. The van der Waals surface area contributed by atoms with Gasteiger partial charge in [-0.1, -0.05) is 6.07 Å². The van der Waals surface area contributed by atoms with Gasteiger partial charge < -0.3 is 24.8 Å². The van der Waals surface area contributed by atoms with Gasteiger partial charge in [0, 0.05) is 18.5 Å². The van der Waals surface area contributed by atoms with Gasteiger partial charge in [0.25, 0.3) is 0 Å². The van der Waals surface area contributed by atoms with Gasteiger partial charge in [0.2, 0.25) is 0 Å². The molecule has 2 aliphatic heterocycles. The Morgan fingerprint density at radius 2 is 2.03 bits per heavy atom. The van der Waals surface area contributed by atoms with Crippen molar-refractivity contribution >= 4 is 17.5 Å². The van der Waals surface area contributed by atoms with E-state index in [4.69, 9.17) is 9.47 Å². The summed E-state index contributed by atoms with van der Waals surface area (Å²) < 4.78 is 25.1. The maximum Gasteiger partial charge on any atom is 0.341 e. The number of nitrogens with zero attached hydrogens (tertiary/aromatic N) is 5. The molecule has 0 spiro atoms. The molecule has 4 heterocycles. The van der Waals surface area contributed by atoms with Crippen LogP contribution in [0.3, 0.4) is 0 Å². The van der Waals surface area contributed by atoms with Gasteiger partial charge >= 0.3 is 12.0 Å². The molecule has 0 radical (unpaired) electrons. The number of hydrogen-bond donors (Lipinski definition) is 2. The standard InChI is InChI=1S/C24H25FN6O4/c1-4-34-23(33)20-12(2)27-24(28-13(20)3)35-15-8-14-10-26-22-19(31(14)11-15)9-18(29-30-22)16-6-5-7-17(25)21(16)32/h5-7,9,14-15,32H,4,8,10-11H2,1-3H3,(H,26,30). The molecule has 1 saturated heterocycles. The molecular weight excluding hydrogens is 455 g/mol. The third kappa shape index (κ3) is 4.17. The molecule has 2 unspecified atom stereocenters. The van der Waals surface area contributed by atoms with E-state index in [9.17, 15) is 14.3 Å². The van der Waals surface area contributed by atoms with Crippen molar-refractivity contribution in [2.75, 3.05) is 29.9 Å². The fourth-order valence-corrected chi connectivity index (χ4v) is 4.63. The lowest BCUT2D eigenvalue weighted by Crippen LogP contribution is -2.40. The minimum Gasteiger partial charge on any atom is -0.504 e. The molecule has 0 aliphatic carbocycles. The largest absolute Gasteiger partial charge is 0.504 e. The second kappa shape index (κ2) is 8.97. The highest BCUT2D eigenvalue weighted by molar-refractivity contribution is 5.91. The Bertz CT molecular complexity index is 1280. The number of ether oxygens (including phenoxy) is 2. The van der Waals surface area contributed by atoms with Crippen molar-refractivity contribution in [1.29, 1.82) is 0 Å². The number of phenols is 1. The number of nitrogens with one attached hydrogen (secondary N) is 1. The van der Waals surface area contributed by atoms with Crippen molar-refractivity contribution < 1.29 is 23.8 Å². The Labute approximate surface area is 201 Å². The van der Waals surface area contributed by atoms with Crippen LogP contribution in [0.1, 0.15) is 35.1 Å². The van der Waals surface area contributed by atoms with E-state index in [0.29, 0.717) is 41.6 Å². The van der Waals surface area contributed by atoms with E-state index >= 15 is 0 Å². The highest BCUT2D eigenvalue weighted by Gasteiger charge is 2.38. The Morgan fingerprint density at radius 3 is 2.77 bits per heavy atom. The Morgan fingerprint density at radius 1 is 1.26 bits per heavy atom. The van der Waals surface area contributed by atoms with Crippen LogP contribution in [-0.4, -0.2) is 63.1 Å². The van der Waals surface area contributed by atoms with Crippen molar-refractivity contribution in [3.05, 3.63) is 47.0 Å². The molecule has 1 fully saturated rings. The second-order valence-corrected chi connectivity index (χ2v) is 8.53. The molecule has 0 amide bonds. The number of phenolic OH excluding ortho intramolecular Hbond substituents is 1. The summed E-state index contributed by atoms with van der Waals surface area (Å²) in [7, 11) is 0. The molecule has 2 N–H and O–H groups in total. The number of fused-ring (bicyclic) bond motifs is 3. The minimum absolute atomic E-state index is 0.131. The molecule has 2 aliphatic rings. The van der Waals surface area contributed by atoms with Gasteiger partial charge in [-0.2, -0.15) is 9.97 Å². The number of aromatic hydroxyl groups is 1. The highest BCUT2D eigenvalue weighted by Crippen LogP contribution is 2.39. The van der Waals surface area contributed by atoms with E-state index in [1.807, 2.05) is 0 Å². The van der Waals surface area contributed by atoms with Crippen LogP contribution in [0.25, 0.3) is 11.3 Å². The summed E-state index contributed by atoms with van der Waals surface area (Å²) in [5, 5.41) is 21.8. The average molecular weight is 481 g/mol. The summed E-state index contributed by atoms with van der Waals surface area (Å²) in [6, 6.07) is 6.44. The third-order valence-electron chi connectivity index (χ3n) is 6.23. The van der Waals surface area contributed by atoms with Gasteiger partial charge in [-0.25, -0.2) is 9.18 Å². The summed E-state index contributed by atoms with van der Waals surface area (Å²) in [4.78, 5) is 23.1. The van der Waals surface area contributed by atoms with Crippen LogP contribution < -0.4 is 15.0 Å². The number of carbonyl (C=O) groups excluding carboxylic acids is 1. The van der Waals surface area contributed by atoms with Crippen molar-refractivity contribution in [2.24, 2.45) is 0 Å². The Balaban J connectivity index is 1.37. The number of esters is 1. The van der Waals surface area contributed by atoms with Crippen LogP contribution in [0.5, 0.6) is 11.8 Å². The van der Waals surface area contributed by atoms with Crippen molar-refractivity contribution in [2.45, 2.75) is 39.3 Å². The van der Waals surface area contributed by atoms with E-state index in [1.54, 1.807) is 32.9 Å². The number of carbonyl (C=O) groups is 1. The van der Waals surface area contributed by atoms with E-state index in [2.05, 4.69) is 30.4 Å². The predicted octanol–water partition coefficient (Wildman–Crippen LogP) is 3.02. The normalized spacial score (nSPS) is 18.5. The zero-order valence-electron chi connectivity index (χ0n) is 19.6. The van der Waals surface area contributed by atoms with E-state index < -0.39 is 17.5 Å². The molecule has 2 aromatic heterocycles. The summed E-state index contributed by atoms with van der Waals surface area (Å²) >= 11 is 0. The van der Waals surface area contributed by atoms with E-state index in [1.165, 1.54) is 12.1 Å². The number of anilines is 2. The molecule has 3 aromatic rings. The molecule has 182 valence electrons. The van der Waals surface area contributed by atoms with Crippen LogP contribution in [0, 0.1) is 19.7 Å². The SMILES string of the molecule is CCOC(=O)c1c(C)nc(OC2CC3CNc4nnc(-c5cccc(F)c5O)cc4N3C2)nc1C. The van der Waals surface area contributed by atoms with Crippen LogP contribution in [0.2, 0.25) is 0 Å². The molecule has 1 aromatic carbocycles. The number of halogens is 1. The van der Waals surface area contributed by atoms with Gasteiger partial charge in [0.05, 0.1) is 42.0 Å². The molecule has 2 atom stereocenters. The van der Waals surface area contributed by atoms with Crippen LogP contribution in [0.4, 0.5) is 15.9 Å². The fraction of sp³-hybridized carbons (Fsp3) is 0.375. The fourth-order valence-electron chi connectivity index (χ4n) is 4.63. The first-order chi connectivity index (χ1) is 16.9.